The highest BCUT2D eigenvalue weighted by Crippen LogP contribution is 2.32. The molecule has 1 aromatic carbocycles. The van der Waals surface area contributed by atoms with E-state index in [2.05, 4.69) is 23.3 Å². The zero-order valence-electron chi connectivity index (χ0n) is 14.0. The first-order valence-electron chi connectivity index (χ1n) is 8.61. The molecule has 1 aliphatic carbocycles. The number of benzene rings is 1. The van der Waals surface area contributed by atoms with Crippen molar-refractivity contribution in [3.8, 4) is 0 Å². The van der Waals surface area contributed by atoms with Gasteiger partial charge in [0, 0.05) is 24.2 Å². The number of carbonyl (C=O) groups excluding carboxylic acids is 1. The second-order valence-corrected chi connectivity index (χ2v) is 6.99. The highest BCUT2D eigenvalue weighted by Gasteiger charge is 2.22. The lowest BCUT2D eigenvalue weighted by Gasteiger charge is -2.17. The number of aliphatic hydroxyl groups is 1. The van der Waals surface area contributed by atoms with E-state index in [0.717, 1.165) is 23.9 Å². The zero-order chi connectivity index (χ0) is 16.4. The van der Waals surface area contributed by atoms with Gasteiger partial charge >= 0.3 is 0 Å². The topological polar surface area (TPSA) is 65.1 Å². The maximum atomic E-state index is 12.6. The summed E-state index contributed by atoms with van der Waals surface area (Å²) in [5, 5.41) is 13.1. The molecule has 4 heteroatoms. The van der Waals surface area contributed by atoms with Crippen LogP contribution in [0.3, 0.4) is 0 Å². The molecule has 0 saturated carbocycles. The van der Waals surface area contributed by atoms with Gasteiger partial charge in [0.2, 0.25) is 0 Å². The van der Waals surface area contributed by atoms with Crippen molar-refractivity contribution < 1.29 is 9.90 Å². The fraction of sp³-hybridized carbons (Fsp3) is 0.526. The fourth-order valence-corrected chi connectivity index (χ4v) is 3.49. The minimum Gasteiger partial charge on any atom is -0.396 e. The van der Waals surface area contributed by atoms with E-state index >= 15 is 0 Å². The minimum absolute atomic E-state index is 0.0352. The van der Waals surface area contributed by atoms with Crippen LogP contribution in [0.2, 0.25) is 0 Å². The number of aromatic nitrogens is 1. The van der Waals surface area contributed by atoms with Gasteiger partial charge < -0.3 is 15.4 Å². The summed E-state index contributed by atoms with van der Waals surface area (Å²) in [6.45, 7) is 5.08. The van der Waals surface area contributed by atoms with Gasteiger partial charge in [0.05, 0.1) is 11.1 Å². The quantitative estimate of drug-likeness (QED) is 0.794. The van der Waals surface area contributed by atoms with E-state index < -0.39 is 0 Å². The Hall–Kier alpha value is -1.81. The molecule has 1 aromatic heterocycles. The first-order valence-corrected chi connectivity index (χ1v) is 8.61. The number of amides is 1. The van der Waals surface area contributed by atoms with Crippen LogP contribution < -0.4 is 5.32 Å². The van der Waals surface area contributed by atoms with E-state index in [4.69, 9.17) is 5.11 Å². The molecule has 4 nitrogen and oxygen atoms in total. The summed E-state index contributed by atoms with van der Waals surface area (Å²) >= 11 is 0. The summed E-state index contributed by atoms with van der Waals surface area (Å²) in [4.78, 5) is 16.0. The molecule has 0 bridgehead atoms. The van der Waals surface area contributed by atoms with Crippen LogP contribution in [0, 0.1) is 11.8 Å². The number of fused-ring (bicyclic) bond motifs is 3. The zero-order valence-corrected chi connectivity index (χ0v) is 14.0. The number of carbonyl (C=O) groups is 1. The monoisotopic (exact) mass is 314 g/mol. The fourth-order valence-electron chi connectivity index (χ4n) is 3.49. The summed E-state index contributed by atoms with van der Waals surface area (Å²) in [6.07, 6.45) is 4.08. The Labute approximate surface area is 137 Å². The van der Waals surface area contributed by atoms with E-state index in [1.807, 2.05) is 19.1 Å². The first kappa shape index (κ1) is 16.1. The van der Waals surface area contributed by atoms with Crippen molar-refractivity contribution in [1.29, 1.82) is 0 Å². The third kappa shape index (κ3) is 3.27. The van der Waals surface area contributed by atoms with E-state index in [1.165, 1.54) is 23.1 Å². The molecule has 0 aliphatic heterocycles. The Bertz CT molecular complexity index is 705. The summed E-state index contributed by atoms with van der Waals surface area (Å²) in [5.41, 5.74) is 4.38. The second kappa shape index (κ2) is 6.75. The van der Waals surface area contributed by atoms with Crippen LogP contribution in [0.5, 0.6) is 0 Å². The van der Waals surface area contributed by atoms with Gasteiger partial charge in [-0.15, -0.1) is 0 Å². The Kier molecular flexibility index (Phi) is 4.71. The standard InChI is InChI=1S/C19H26N2O2/c1-12-6-7-17-16(10-12)14-4-3-5-15(18(14)21-17)19(23)20-11-13(2)8-9-22/h3-5,12-13,21-22H,6-11H2,1-2H3,(H,20,23). The van der Waals surface area contributed by atoms with Crippen LogP contribution in [0.15, 0.2) is 18.2 Å². The summed E-state index contributed by atoms with van der Waals surface area (Å²) < 4.78 is 0. The number of hydrogen-bond acceptors (Lipinski definition) is 2. The van der Waals surface area contributed by atoms with Crippen LogP contribution in [-0.4, -0.2) is 29.1 Å². The maximum absolute atomic E-state index is 12.6. The average Bonchev–Trinajstić information content (AvgIpc) is 2.91. The molecule has 0 fully saturated rings. The molecular formula is C19H26N2O2. The Morgan fingerprint density at radius 3 is 3.09 bits per heavy atom. The van der Waals surface area contributed by atoms with Crippen LogP contribution in [0.1, 0.15) is 48.3 Å². The van der Waals surface area contributed by atoms with Gasteiger partial charge in [-0.3, -0.25) is 4.79 Å². The number of aliphatic hydroxyl groups excluding tert-OH is 1. The van der Waals surface area contributed by atoms with Crippen molar-refractivity contribution in [2.24, 2.45) is 11.8 Å². The third-order valence-electron chi connectivity index (χ3n) is 4.95. The molecule has 3 rings (SSSR count). The highest BCUT2D eigenvalue weighted by molar-refractivity contribution is 6.06. The number of para-hydroxylation sites is 1. The third-order valence-corrected chi connectivity index (χ3v) is 4.95. The van der Waals surface area contributed by atoms with E-state index in [9.17, 15) is 4.79 Å². The second-order valence-electron chi connectivity index (χ2n) is 6.99. The first-order chi connectivity index (χ1) is 11.1. The van der Waals surface area contributed by atoms with Crippen LogP contribution >= 0.6 is 0 Å². The number of H-pyrrole nitrogens is 1. The van der Waals surface area contributed by atoms with Gasteiger partial charge in [0.15, 0.2) is 0 Å². The Balaban J connectivity index is 1.85. The minimum atomic E-state index is -0.0352. The largest absolute Gasteiger partial charge is 0.396 e. The SMILES string of the molecule is CC(CCO)CNC(=O)c1cccc2c3c([nH]c12)CCC(C)C3. The lowest BCUT2D eigenvalue weighted by molar-refractivity contribution is 0.0947. The molecule has 0 saturated heterocycles. The van der Waals surface area contributed by atoms with Crippen molar-refractivity contribution in [2.45, 2.75) is 39.5 Å². The molecule has 23 heavy (non-hydrogen) atoms. The molecule has 1 heterocycles. The average molecular weight is 314 g/mol. The molecular weight excluding hydrogens is 288 g/mol. The van der Waals surface area contributed by atoms with Crippen molar-refractivity contribution in [3.63, 3.8) is 0 Å². The molecule has 1 amide bonds. The lowest BCUT2D eigenvalue weighted by Crippen LogP contribution is -2.28. The van der Waals surface area contributed by atoms with Crippen LogP contribution in [-0.2, 0) is 12.8 Å². The van der Waals surface area contributed by atoms with Crippen molar-refractivity contribution in [2.75, 3.05) is 13.2 Å². The molecule has 2 aromatic rings. The summed E-state index contributed by atoms with van der Waals surface area (Å²) in [7, 11) is 0. The van der Waals surface area contributed by atoms with Gasteiger partial charge in [0.1, 0.15) is 0 Å². The van der Waals surface area contributed by atoms with Gasteiger partial charge in [0.25, 0.3) is 5.91 Å². The molecule has 2 unspecified atom stereocenters. The smallest absolute Gasteiger partial charge is 0.253 e. The van der Waals surface area contributed by atoms with Crippen molar-refractivity contribution in [1.82, 2.24) is 10.3 Å². The van der Waals surface area contributed by atoms with Crippen molar-refractivity contribution >= 4 is 16.8 Å². The molecule has 3 N–H and O–H groups in total. The number of nitrogens with one attached hydrogen (secondary N) is 2. The van der Waals surface area contributed by atoms with Gasteiger partial charge in [-0.25, -0.2) is 0 Å². The lowest BCUT2D eigenvalue weighted by atomic mass is 9.87. The van der Waals surface area contributed by atoms with E-state index in [1.54, 1.807) is 0 Å². The molecule has 124 valence electrons. The predicted molar refractivity (Wildman–Crippen MR) is 92.7 cm³/mol. The number of hydrogen-bond donors (Lipinski definition) is 3. The van der Waals surface area contributed by atoms with E-state index in [-0.39, 0.29) is 18.4 Å². The highest BCUT2D eigenvalue weighted by atomic mass is 16.3. The van der Waals surface area contributed by atoms with Crippen molar-refractivity contribution in [3.05, 3.63) is 35.0 Å². The number of aromatic amines is 1. The summed E-state index contributed by atoms with van der Waals surface area (Å²) in [5.74, 6) is 0.950. The van der Waals surface area contributed by atoms with Crippen LogP contribution in [0.25, 0.3) is 10.9 Å². The maximum Gasteiger partial charge on any atom is 0.253 e. The normalized spacial score (nSPS) is 18.7. The predicted octanol–water partition coefficient (Wildman–Crippen LogP) is 3.04. The Morgan fingerprint density at radius 1 is 1.48 bits per heavy atom. The van der Waals surface area contributed by atoms with Gasteiger partial charge in [-0.2, -0.15) is 0 Å². The van der Waals surface area contributed by atoms with Crippen LogP contribution in [0.4, 0.5) is 0 Å². The number of rotatable bonds is 5. The number of aryl methyl sites for hydroxylation is 1. The summed E-state index contributed by atoms with van der Waals surface area (Å²) in [6, 6.07) is 5.98. The van der Waals surface area contributed by atoms with E-state index in [0.29, 0.717) is 18.9 Å². The molecule has 2 atom stereocenters. The molecule has 1 aliphatic rings. The molecule has 0 spiro atoms. The Morgan fingerprint density at radius 2 is 2.30 bits per heavy atom. The van der Waals surface area contributed by atoms with Gasteiger partial charge in [-0.05, 0) is 49.1 Å². The molecule has 0 radical (unpaired) electrons. The van der Waals surface area contributed by atoms with Gasteiger partial charge in [-0.1, -0.05) is 26.0 Å².